The van der Waals surface area contributed by atoms with Crippen molar-refractivity contribution in [2.75, 3.05) is 6.54 Å². The number of halogens is 1. The Hall–Kier alpha value is -1.35. The van der Waals surface area contributed by atoms with Crippen molar-refractivity contribution < 1.29 is 5.11 Å². The monoisotopic (exact) mass is 289 g/mol. The van der Waals surface area contributed by atoms with Crippen molar-refractivity contribution in [1.82, 2.24) is 5.32 Å². The molecule has 106 valence electrons. The molecular formula is C17H20ClNO. The van der Waals surface area contributed by atoms with E-state index in [1.807, 2.05) is 30.3 Å². The third-order valence-corrected chi connectivity index (χ3v) is 3.55. The summed E-state index contributed by atoms with van der Waals surface area (Å²) in [4.78, 5) is 0. The van der Waals surface area contributed by atoms with Gasteiger partial charge in [0.2, 0.25) is 0 Å². The molecule has 0 amide bonds. The van der Waals surface area contributed by atoms with Crippen molar-refractivity contribution in [2.24, 2.45) is 0 Å². The summed E-state index contributed by atoms with van der Waals surface area (Å²) in [6, 6.07) is 18.0. The highest BCUT2D eigenvalue weighted by Crippen LogP contribution is 2.16. The Balaban J connectivity index is 1.81. The van der Waals surface area contributed by atoms with Crippen LogP contribution < -0.4 is 5.32 Å². The summed E-state index contributed by atoms with van der Waals surface area (Å²) in [6.07, 6.45) is 0.444. The molecule has 20 heavy (non-hydrogen) atoms. The lowest BCUT2D eigenvalue weighted by atomic mass is 10.1. The molecule has 0 spiro atoms. The van der Waals surface area contributed by atoms with Gasteiger partial charge in [0.05, 0.1) is 6.10 Å². The molecule has 0 aliphatic rings. The second-order valence-corrected chi connectivity index (χ2v) is 5.50. The van der Waals surface area contributed by atoms with Gasteiger partial charge in [0, 0.05) is 17.6 Å². The van der Waals surface area contributed by atoms with E-state index in [4.69, 9.17) is 11.6 Å². The van der Waals surface area contributed by atoms with E-state index in [0.717, 1.165) is 12.0 Å². The number of hydrogen-bond acceptors (Lipinski definition) is 2. The highest BCUT2D eigenvalue weighted by atomic mass is 35.5. The molecule has 2 aromatic carbocycles. The largest absolute Gasteiger partial charge is 0.387 e. The summed E-state index contributed by atoms with van der Waals surface area (Å²) in [5, 5.41) is 14.2. The first-order chi connectivity index (χ1) is 9.65. The molecule has 0 aliphatic carbocycles. The molecule has 0 heterocycles. The van der Waals surface area contributed by atoms with Gasteiger partial charge in [-0.05, 0) is 36.6 Å². The lowest BCUT2D eigenvalue weighted by Gasteiger charge is -2.17. The first-order valence-electron chi connectivity index (χ1n) is 6.86. The predicted octanol–water partition coefficient (Wildman–Crippen LogP) is 3.59. The first-order valence-corrected chi connectivity index (χ1v) is 7.24. The van der Waals surface area contributed by atoms with Crippen molar-refractivity contribution in [3.63, 3.8) is 0 Å². The molecular weight excluding hydrogens is 270 g/mol. The molecule has 0 unspecified atom stereocenters. The Kier molecular flexibility index (Phi) is 5.60. The molecule has 0 aliphatic heterocycles. The van der Waals surface area contributed by atoms with Gasteiger partial charge in [0.15, 0.2) is 0 Å². The molecule has 0 aromatic heterocycles. The summed E-state index contributed by atoms with van der Waals surface area (Å²) >= 11 is 5.84. The minimum atomic E-state index is -0.509. The summed E-state index contributed by atoms with van der Waals surface area (Å²) in [5.41, 5.74) is 2.18. The predicted molar refractivity (Wildman–Crippen MR) is 84.0 cm³/mol. The van der Waals surface area contributed by atoms with Crippen LogP contribution in [-0.4, -0.2) is 17.7 Å². The van der Waals surface area contributed by atoms with E-state index in [0.29, 0.717) is 17.6 Å². The van der Waals surface area contributed by atoms with E-state index in [9.17, 15) is 5.11 Å². The zero-order valence-corrected chi connectivity index (χ0v) is 12.3. The molecule has 0 saturated heterocycles. The average Bonchev–Trinajstić information content (AvgIpc) is 2.46. The number of aliphatic hydroxyl groups is 1. The molecule has 2 N–H and O–H groups in total. The fourth-order valence-corrected chi connectivity index (χ4v) is 2.28. The van der Waals surface area contributed by atoms with E-state index in [1.54, 1.807) is 12.1 Å². The van der Waals surface area contributed by atoms with Gasteiger partial charge >= 0.3 is 0 Å². The minimum absolute atomic E-state index is 0.319. The highest BCUT2D eigenvalue weighted by Gasteiger charge is 2.09. The van der Waals surface area contributed by atoms with Crippen LogP contribution in [0.5, 0.6) is 0 Å². The lowest BCUT2D eigenvalue weighted by molar-refractivity contribution is 0.170. The molecule has 0 bridgehead atoms. The van der Waals surface area contributed by atoms with Crippen molar-refractivity contribution in [2.45, 2.75) is 25.5 Å². The zero-order chi connectivity index (χ0) is 14.4. The molecule has 2 atom stereocenters. The van der Waals surface area contributed by atoms with Crippen LogP contribution in [0.2, 0.25) is 5.02 Å². The molecule has 0 fully saturated rings. The summed E-state index contributed by atoms with van der Waals surface area (Å²) in [5.74, 6) is 0. The van der Waals surface area contributed by atoms with Gasteiger partial charge in [-0.15, -0.1) is 0 Å². The van der Waals surface area contributed by atoms with Crippen LogP contribution in [0, 0.1) is 0 Å². The summed E-state index contributed by atoms with van der Waals surface area (Å²) in [7, 11) is 0. The van der Waals surface area contributed by atoms with Gasteiger partial charge in [-0.3, -0.25) is 0 Å². The van der Waals surface area contributed by atoms with Gasteiger partial charge in [-0.1, -0.05) is 54.1 Å². The Bertz CT molecular complexity index is 512. The van der Waals surface area contributed by atoms with Crippen LogP contribution in [0.1, 0.15) is 24.2 Å². The van der Waals surface area contributed by atoms with E-state index >= 15 is 0 Å². The van der Waals surface area contributed by atoms with Crippen molar-refractivity contribution >= 4 is 11.6 Å². The SMILES string of the molecule is C[C@H](Cc1ccccc1)NC[C@H](O)c1ccc(Cl)cc1. The standard InChI is InChI=1S/C17H20ClNO/c1-13(11-14-5-3-2-4-6-14)19-12-17(20)15-7-9-16(18)10-8-15/h2-10,13,17,19-20H,11-12H2,1H3/t13-,17+/m1/s1. The number of hydrogen-bond donors (Lipinski definition) is 2. The number of benzene rings is 2. The van der Waals surface area contributed by atoms with E-state index in [1.165, 1.54) is 5.56 Å². The smallest absolute Gasteiger partial charge is 0.0914 e. The summed E-state index contributed by atoms with van der Waals surface area (Å²) < 4.78 is 0. The first kappa shape index (κ1) is 15.0. The van der Waals surface area contributed by atoms with Crippen LogP contribution >= 0.6 is 11.6 Å². The van der Waals surface area contributed by atoms with Crippen molar-refractivity contribution in [3.05, 3.63) is 70.7 Å². The zero-order valence-electron chi connectivity index (χ0n) is 11.6. The van der Waals surface area contributed by atoms with Crippen LogP contribution in [0.15, 0.2) is 54.6 Å². The molecule has 2 rings (SSSR count). The van der Waals surface area contributed by atoms with Gasteiger partial charge in [-0.2, -0.15) is 0 Å². The Morgan fingerprint density at radius 2 is 1.70 bits per heavy atom. The van der Waals surface area contributed by atoms with Gasteiger partial charge in [0.25, 0.3) is 0 Å². The second kappa shape index (κ2) is 7.44. The second-order valence-electron chi connectivity index (χ2n) is 5.07. The molecule has 2 nitrogen and oxygen atoms in total. The van der Waals surface area contributed by atoms with Gasteiger partial charge in [-0.25, -0.2) is 0 Å². The summed E-state index contributed by atoms with van der Waals surface area (Å²) in [6.45, 7) is 2.66. The van der Waals surface area contributed by atoms with Crippen LogP contribution in [0.25, 0.3) is 0 Å². The van der Waals surface area contributed by atoms with Crippen molar-refractivity contribution in [3.8, 4) is 0 Å². The van der Waals surface area contributed by atoms with E-state index in [-0.39, 0.29) is 0 Å². The van der Waals surface area contributed by atoms with Crippen LogP contribution in [-0.2, 0) is 6.42 Å². The molecule has 0 radical (unpaired) electrons. The highest BCUT2D eigenvalue weighted by molar-refractivity contribution is 6.30. The minimum Gasteiger partial charge on any atom is -0.387 e. The molecule has 2 aromatic rings. The number of aliphatic hydroxyl groups excluding tert-OH is 1. The fourth-order valence-electron chi connectivity index (χ4n) is 2.16. The number of rotatable bonds is 6. The maximum absolute atomic E-state index is 10.1. The molecule has 0 saturated carbocycles. The van der Waals surface area contributed by atoms with Gasteiger partial charge in [0.1, 0.15) is 0 Å². The maximum Gasteiger partial charge on any atom is 0.0914 e. The Morgan fingerprint density at radius 3 is 2.35 bits per heavy atom. The normalized spacial score (nSPS) is 13.9. The quantitative estimate of drug-likeness (QED) is 0.852. The van der Waals surface area contributed by atoms with Gasteiger partial charge < -0.3 is 10.4 Å². The average molecular weight is 290 g/mol. The maximum atomic E-state index is 10.1. The Labute approximate surface area is 125 Å². The van der Waals surface area contributed by atoms with Crippen LogP contribution in [0.3, 0.4) is 0 Å². The van der Waals surface area contributed by atoms with E-state index in [2.05, 4.69) is 24.4 Å². The van der Waals surface area contributed by atoms with Crippen molar-refractivity contribution in [1.29, 1.82) is 0 Å². The van der Waals surface area contributed by atoms with Crippen LogP contribution in [0.4, 0.5) is 0 Å². The van der Waals surface area contributed by atoms with E-state index < -0.39 is 6.10 Å². The third kappa shape index (κ3) is 4.64. The topological polar surface area (TPSA) is 32.3 Å². The fraction of sp³-hybridized carbons (Fsp3) is 0.294. The third-order valence-electron chi connectivity index (χ3n) is 3.30. The lowest BCUT2D eigenvalue weighted by Crippen LogP contribution is -2.32. The Morgan fingerprint density at radius 1 is 1.05 bits per heavy atom. The molecule has 3 heteroatoms. The number of nitrogens with one attached hydrogen (secondary N) is 1.